The van der Waals surface area contributed by atoms with Crippen LogP contribution in [0.3, 0.4) is 0 Å². The second kappa shape index (κ2) is 4.70. The number of nitriles is 1. The van der Waals surface area contributed by atoms with Crippen molar-refractivity contribution in [1.29, 1.82) is 5.26 Å². The van der Waals surface area contributed by atoms with Crippen LogP contribution in [0, 0.1) is 17.2 Å². The van der Waals surface area contributed by atoms with Crippen molar-refractivity contribution in [2.45, 2.75) is 31.7 Å². The van der Waals surface area contributed by atoms with Crippen LogP contribution < -0.4 is 5.32 Å². The minimum atomic E-state index is -0.375. The van der Waals surface area contributed by atoms with Gasteiger partial charge in [0.2, 0.25) is 0 Å². The molecule has 1 amide bonds. The number of nitrogens with one attached hydrogen (secondary N) is 1. The van der Waals surface area contributed by atoms with Gasteiger partial charge in [-0.05, 0) is 25.7 Å². The standard InChI is InChI=1S/C9H14N2O2/c1-13-9(12)11-8-4-2-7(6-10)3-5-8/h7-8H,2-5H2,1H3,(H,11,12). The van der Waals surface area contributed by atoms with Crippen molar-refractivity contribution in [3.63, 3.8) is 0 Å². The van der Waals surface area contributed by atoms with Crippen LogP contribution in [0.4, 0.5) is 4.79 Å². The molecular formula is C9H14N2O2. The van der Waals surface area contributed by atoms with Gasteiger partial charge in [0, 0.05) is 12.0 Å². The Bertz CT molecular complexity index is 214. The molecule has 1 aliphatic rings. The van der Waals surface area contributed by atoms with Crippen molar-refractivity contribution in [2.75, 3.05) is 7.11 Å². The van der Waals surface area contributed by atoms with Crippen LogP contribution in [0.25, 0.3) is 0 Å². The molecule has 1 fully saturated rings. The number of alkyl carbamates (subject to hydrolysis) is 1. The molecule has 0 spiro atoms. The van der Waals surface area contributed by atoms with Gasteiger partial charge in [-0.15, -0.1) is 0 Å². The topological polar surface area (TPSA) is 62.1 Å². The summed E-state index contributed by atoms with van der Waals surface area (Å²) in [5, 5.41) is 11.4. The molecule has 0 unspecified atom stereocenters. The second-order valence-electron chi connectivity index (χ2n) is 3.31. The third-order valence-electron chi connectivity index (χ3n) is 2.42. The van der Waals surface area contributed by atoms with E-state index in [1.807, 2.05) is 0 Å². The second-order valence-corrected chi connectivity index (χ2v) is 3.31. The van der Waals surface area contributed by atoms with E-state index in [-0.39, 0.29) is 18.1 Å². The van der Waals surface area contributed by atoms with Crippen LogP contribution >= 0.6 is 0 Å². The molecule has 0 heterocycles. The molecule has 1 rings (SSSR count). The van der Waals surface area contributed by atoms with E-state index in [0.717, 1.165) is 25.7 Å². The Kier molecular flexibility index (Phi) is 3.56. The molecule has 0 atom stereocenters. The lowest BCUT2D eigenvalue weighted by Crippen LogP contribution is -2.37. The first-order chi connectivity index (χ1) is 6.26. The molecule has 0 aromatic carbocycles. The van der Waals surface area contributed by atoms with E-state index in [4.69, 9.17) is 5.26 Å². The number of hydrogen-bond acceptors (Lipinski definition) is 3. The number of methoxy groups -OCH3 is 1. The minimum Gasteiger partial charge on any atom is -0.453 e. The highest BCUT2D eigenvalue weighted by Gasteiger charge is 2.21. The fraction of sp³-hybridized carbons (Fsp3) is 0.778. The van der Waals surface area contributed by atoms with Gasteiger partial charge >= 0.3 is 6.09 Å². The zero-order valence-electron chi connectivity index (χ0n) is 7.75. The summed E-state index contributed by atoms with van der Waals surface area (Å²) in [7, 11) is 1.36. The average molecular weight is 182 g/mol. The predicted octanol–water partition coefficient (Wildman–Crippen LogP) is 1.42. The molecule has 0 aromatic rings. The van der Waals surface area contributed by atoms with Gasteiger partial charge in [0.25, 0.3) is 0 Å². The molecule has 0 bridgehead atoms. The Labute approximate surface area is 77.9 Å². The van der Waals surface area contributed by atoms with E-state index in [1.165, 1.54) is 7.11 Å². The van der Waals surface area contributed by atoms with Gasteiger partial charge in [-0.1, -0.05) is 0 Å². The van der Waals surface area contributed by atoms with Gasteiger partial charge in [0.05, 0.1) is 13.2 Å². The largest absolute Gasteiger partial charge is 0.453 e. The summed E-state index contributed by atoms with van der Waals surface area (Å²) in [6, 6.07) is 2.44. The number of carbonyl (C=O) groups is 1. The molecule has 4 nitrogen and oxygen atoms in total. The van der Waals surface area contributed by atoms with Gasteiger partial charge in [-0.25, -0.2) is 4.79 Å². The number of amides is 1. The predicted molar refractivity (Wildman–Crippen MR) is 46.9 cm³/mol. The highest BCUT2D eigenvalue weighted by atomic mass is 16.5. The lowest BCUT2D eigenvalue weighted by molar-refractivity contribution is 0.162. The van der Waals surface area contributed by atoms with Crippen molar-refractivity contribution < 1.29 is 9.53 Å². The first kappa shape index (κ1) is 9.85. The molecule has 0 aromatic heterocycles. The smallest absolute Gasteiger partial charge is 0.407 e. The monoisotopic (exact) mass is 182 g/mol. The highest BCUT2D eigenvalue weighted by Crippen LogP contribution is 2.23. The summed E-state index contributed by atoms with van der Waals surface area (Å²) >= 11 is 0. The maximum absolute atomic E-state index is 10.8. The number of nitrogens with zero attached hydrogens (tertiary/aromatic N) is 1. The Morgan fingerprint density at radius 3 is 2.54 bits per heavy atom. The molecule has 0 saturated heterocycles. The van der Waals surface area contributed by atoms with E-state index in [2.05, 4.69) is 16.1 Å². The molecule has 1 N–H and O–H groups in total. The van der Waals surface area contributed by atoms with Crippen LogP contribution in [0.2, 0.25) is 0 Å². The Hall–Kier alpha value is -1.24. The molecule has 4 heteroatoms. The van der Waals surface area contributed by atoms with Gasteiger partial charge in [0.1, 0.15) is 0 Å². The highest BCUT2D eigenvalue weighted by molar-refractivity contribution is 5.67. The van der Waals surface area contributed by atoms with E-state index in [0.29, 0.717) is 0 Å². The molecular weight excluding hydrogens is 168 g/mol. The maximum Gasteiger partial charge on any atom is 0.407 e. The third kappa shape index (κ3) is 2.94. The summed E-state index contributed by atoms with van der Waals surface area (Å²) in [4.78, 5) is 10.8. The molecule has 72 valence electrons. The summed E-state index contributed by atoms with van der Waals surface area (Å²) in [5.41, 5.74) is 0. The van der Waals surface area contributed by atoms with E-state index in [9.17, 15) is 4.79 Å². The van der Waals surface area contributed by atoms with Gasteiger partial charge in [-0.2, -0.15) is 5.26 Å². The molecule has 1 aliphatic carbocycles. The van der Waals surface area contributed by atoms with Crippen LogP contribution in [0.1, 0.15) is 25.7 Å². The Morgan fingerprint density at radius 1 is 1.46 bits per heavy atom. The summed E-state index contributed by atoms with van der Waals surface area (Å²) in [6.07, 6.45) is 3.15. The fourth-order valence-corrected chi connectivity index (χ4v) is 1.59. The van der Waals surface area contributed by atoms with Crippen LogP contribution in [0.15, 0.2) is 0 Å². The van der Waals surface area contributed by atoms with Gasteiger partial charge in [-0.3, -0.25) is 0 Å². The van der Waals surface area contributed by atoms with Crippen LogP contribution in [0.5, 0.6) is 0 Å². The molecule has 13 heavy (non-hydrogen) atoms. The van der Waals surface area contributed by atoms with Crippen molar-refractivity contribution in [1.82, 2.24) is 5.32 Å². The molecule has 1 saturated carbocycles. The zero-order valence-corrected chi connectivity index (χ0v) is 7.75. The van der Waals surface area contributed by atoms with Gasteiger partial charge in [0.15, 0.2) is 0 Å². The fourth-order valence-electron chi connectivity index (χ4n) is 1.59. The number of carbonyl (C=O) groups excluding carboxylic acids is 1. The van der Waals surface area contributed by atoms with E-state index < -0.39 is 0 Å². The van der Waals surface area contributed by atoms with Crippen LogP contribution in [-0.2, 0) is 4.74 Å². The van der Waals surface area contributed by atoms with E-state index >= 15 is 0 Å². The SMILES string of the molecule is COC(=O)NC1CCC(C#N)CC1. The minimum absolute atomic E-state index is 0.177. The van der Waals surface area contributed by atoms with Crippen molar-refractivity contribution in [2.24, 2.45) is 5.92 Å². The Morgan fingerprint density at radius 2 is 2.08 bits per heavy atom. The third-order valence-corrected chi connectivity index (χ3v) is 2.42. The quantitative estimate of drug-likeness (QED) is 0.667. The van der Waals surface area contributed by atoms with Crippen molar-refractivity contribution in [3.05, 3.63) is 0 Å². The number of rotatable bonds is 1. The molecule has 0 radical (unpaired) electrons. The van der Waals surface area contributed by atoms with Crippen molar-refractivity contribution >= 4 is 6.09 Å². The van der Waals surface area contributed by atoms with E-state index in [1.54, 1.807) is 0 Å². The lowest BCUT2D eigenvalue weighted by Gasteiger charge is -2.24. The number of ether oxygens (including phenoxy) is 1. The first-order valence-electron chi connectivity index (χ1n) is 4.50. The first-order valence-corrected chi connectivity index (χ1v) is 4.50. The maximum atomic E-state index is 10.8. The normalized spacial score (nSPS) is 27.4. The van der Waals surface area contributed by atoms with Crippen LogP contribution in [-0.4, -0.2) is 19.2 Å². The summed E-state index contributed by atoms with van der Waals surface area (Å²) < 4.78 is 4.49. The van der Waals surface area contributed by atoms with Gasteiger partial charge < -0.3 is 10.1 Å². The molecule has 0 aliphatic heterocycles. The summed E-state index contributed by atoms with van der Waals surface area (Å²) in [5.74, 6) is 0.177. The zero-order chi connectivity index (χ0) is 9.68. The lowest BCUT2D eigenvalue weighted by atomic mass is 9.87. The van der Waals surface area contributed by atoms with Crippen molar-refractivity contribution in [3.8, 4) is 6.07 Å². The average Bonchev–Trinajstić information content (AvgIpc) is 2.19. The summed E-state index contributed by atoms with van der Waals surface area (Å²) in [6.45, 7) is 0. The Balaban J connectivity index is 2.26. The number of hydrogen-bond donors (Lipinski definition) is 1.